The van der Waals surface area contributed by atoms with Gasteiger partial charge < -0.3 is 15.2 Å². The first-order chi connectivity index (χ1) is 9.49. The molecule has 0 aliphatic heterocycles. The summed E-state index contributed by atoms with van der Waals surface area (Å²) in [6.45, 7) is 1.40. The van der Waals surface area contributed by atoms with Crippen molar-refractivity contribution in [1.82, 2.24) is 5.32 Å². The first-order valence-electron chi connectivity index (χ1n) is 5.78. The standard InChI is InChI=1S/C14H14BrNO4/c1-9(17)12(14(19)20-2)16-13(18)11-5-3-10(4-6-11)7-8-15/h3-6,9,12,17H,1-2H3,(H,16,18)/t9-,12-/m1/s1. The van der Waals surface area contributed by atoms with Crippen LogP contribution in [0.1, 0.15) is 22.8 Å². The van der Waals surface area contributed by atoms with Crippen LogP contribution in [0.4, 0.5) is 0 Å². The van der Waals surface area contributed by atoms with Crippen LogP contribution in [-0.4, -0.2) is 36.2 Å². The molecule has 106 valence electrons. The first-order valence-corrected chi connectivity index (χ1v) is 6.57. The molecule has 2 N–H and O–H groups in total. The van der Waals surface area contributed by atoms with Crippen LogP contribution in [0.2, 0.25) is 0 Å². The molecular formula is C14H14BrNO4. The van der Waals surface area contributed by atoms with Gasteiger partial charge in [0.2, 0.25) is 0 Å². The number of ether oxygens (including phenoxy) is 1. The van der Waals surface area contributed by atoms with Crippen LogP contribution in [0.25, 0.3) is 0 Å². The molecule has 1 aromatic carbocycles. The molecule has 1 amide bonds. The van der Waals surface area contributed by atoms with Crippen molar-refractivity contribution in [3.63, 3.8) is 0 Å². The Morgan fingerprint density at radius 2 is 1.95 bits per heavy atom. The summed E-state index contributed by atoms with van der Waals surface area (Å²) in [5.41, 5.74) is 1.11. The molecule has 1 rings (SSSR count). The molecular weight excluding hydrogens is 326 g/mol. The highest BCUT2D eigenvalue weighted by atomic mass is 79.9. The summed E-state index contributed by atoms with van der Waals surface area (Å²) in [6.07, 6.45) is -1.05. The number of aliphatic hydroxyl groups is 1. The third-order valence-corrected chi connectivity index (χ3v) is 2.76. The summed E-state index contributed by atoms with van der Waals surface area (Å²) in [6, 6.07) is 5.42. The molecule has 0 aliphatic carbocycles. The number of halogens is 1. The molecule has 1 aromatic rings. The summed E-state index contributed by atoms with van der Waals surface area (Å²) < 4.78 is 4.52. The van der Waals surface area contributed by atoms with E-state index in [2.05, 4.69) is 36.7 Å². The van der Waals surface area contributed by atoms with E-state index in [4.69, 9.17) is 0 Å². The number of amides is 1. The molecule has 0 heterocycles. The summed E-state index contributed by atoms with van der Waals surface area (Å²) in [5.74, 6) is 1.61. The lowest BCUT2D eigenvalue weighted by Crippen LogP contribution is -2.48. The second kappa shape index (κ2) is 7.68. The van der Waals surface area contributed by atoms with Gasteiger partial charge in [0.15, 0.2) is 6.04 Å². The SMILES string of the molecule is COC(=O)[C@H](NC(=O)c1ccc(C#CBr)cc1)[C@@H](C)O. The van der Waals surface area contributed by atoms with E-state index in [0.29, 0.717) is 5.56 Å². The summed E-state index contributed by atoms with van der Waals surface area (Å²) in [7, 11) is 1.19. The minimum atomic E-state index is -1.10. The van der Waals surface area contributed by atoms with E-state index in [0.717, 1.165) is 5.56 Å². The number of methoxy groups -OCH3 is 1. The minimum Gasteiger partial charge on any atom is -0.467 e. The second-order valence-electron chi connectivity index (χ2n) is 4.01. The third-order valence-electron chi connectivity index (χ3n) is 2.56. The van der Waals surface area contributed by atoms with Gasteiger partial charge in [-0.25, -0.2) is 4.79 Å². The lowest BCUT2D eigenvalue weighted by molar-refractivity contribution is -0.145. The molecule has 0 spiro atoms. The van der Waals surface area contributed by atoms with E-state index in [1.807, 2.05) is 0 Å². The van der Waals surface area contributed by atoms with Crippen LogP contribution in [0.3, 0.4) is 0 Å². The van der Waals surface area contributed by atoms with Crippen LogP contribution in [0, 0.1) is 10.8 Å². The Balaban J connectivity index is 2.82. The normalized spacial score (nSPS) is 12.6. The van der Waals surface area contributed by atoms with Gasteiger partial charge in [-0.05, 0) is 36.0 Å². The average molecular weight is 340 g/mol. The van der Waals surface area contributed by atoms with Crippen LogP contribution in [0.5, 0.6) is 0 Å². The predicted octanol–water partition coefficient (Wildman–Crippen LogP) is 1.04. The topological polar surface area (TPSA) is 75.6 Å². The maximum Gasteiger partial charge on any atom is 0.331 e. The molecule has 20 heavy (non-hydrogen) atoms. The number of rotatable bonds is 4. The predicted molar refractivity (Wildman–Crippen MR) is 77.2 cm³/mol. The largest absolute Gasteiger partial charge is 0.467 e. The fraction of sp³-hybridized carbons (Fsp3) is 0.286. The van der Waals surface area contributed by atoms with E-state index in [9.17, 15) is 14.7 Å². The number of aliphatic hydroxyl groups excluding tert-OH is 1. The van der Waals surface area contributed by atoms with Crippen molar-refractivity contribution in [2.45, 2.75) is 19.1 Å². The molecule has 0 bridgehead atoms. The van der Waals surface area contributed by atoms with E-state index < -0.39 is 24.0 Å². The molecule has 2 atom stereocenters. The highest BCUT2D eigenvalue weighted by molar-refractivity contribution is 9.12. The van der Waals surface area contributed by atoms with Gasteiger partial charge in [-0.15, -0.1) is 0 Å². The van der Waals surface area contributed by atoms with Crippen LogP contribution < -0.4 is 5.32 Å². The average Bonchev–Trinajstić information content (AvgIpc) is 2.44. The van der Waals surface area contributed by atoms with Gasteiger partial charge >= 0.3 is 5.97 Å². The number of esters is 1. The van der Waals surface area contributed by atoms with Crippen LogP contribution in [0.15, 0.2) is 24.3 Å². The molecule has 0 fully saturated rings. The lowest BCUT2D eigenvalue weighted by atomic mass is 10.1. The number of carbonyl (C=O) groups excluding carboxylic acids is 2. The van der Waals surface area contributed by atoms with Crippen LogP contribution in [-0.2, 0) is 9.53 Å². The zero-order valence-electron chi connectivity index (χ0n) is 11.0. The van der Waals surface area contributed by atoms with Gasteiger partial charge in [-0.2, -0.15) is 0 Å². The number of nitrogens with one attached hydrogen (secondary N) is 1. The zero-order chi connectivity index (χ0) is 15.1. The Morgan fingerprint density at radius 3 is 2.40 bits per heavy atom. The first kappa shape index (κ1) is 16.2. The van der Waals surface area contributed by atoms with Gasteiger partial charge in [0.25, 0.3) is 5.91 Å². The quantitative estimate of drug-likeness (QED) is 0.635. The third kappa shape index (κ3) is 4.37. The summed E-state index contributed by atoms with van der Waals surface area (Å²) in [5, 5.41) is 11.9. The zero-order valence-corrected chi connectivity index (χ0v) is 12.6. The molecule has 0 radical (unpaired) electrons. The van der Waals surface area contributed by atoms with Crippen molar-refractivity contribution in [3.8, 4) is 10.8 Å². The van der Waals surface area contributed by atoms with Crippen molar-refractivity contribution in [2.75, 3.05) is 7.11 Å². The van der Waals surface area contributed by atoms with Crippen molar-refractivity contribution >= 4 is 27.8 Å². The molecule has 0 unspecified atom stereocenters. The van der Waals surface area contributed by atoms with Gasteiger partial charge in [0, 0.05) is 27.1 Å². The van der Waals surface area contributed by atoms with Crippen molar-refractivity contribution in [2.24, 2.45) is 0 Å². The molecule has 6 heteroatoms. The number of benzene rings is 1. The minimum absolute atomic E-state index is 0.361. The molecule has 0 aromatic heterocycles. The Morgan fingerprint density at radius 1 is 1.35 bits per heavy atom. The van der Waals surface area contributed by atoms with Gasteiger partial charge in [0.05, 0.1) is 13.2 Å². The Hall–Kier alpha value is -1.84. The highest BCUT2D eigenvalue weighted by Gasteiger charge is 2.26. The van der Waals surface area contributed by atoms with Gasteiger partial charge in [0.1, 0.15) is 0 Å². The molecule has 0 aliphatic rings. The number of hydrogen-bond acceptors (Lipinski definition) is 4. The fourth-order valence-corrected chi connectivity index (χ4v) is 1.72. The van der Waals surface area contributed by atoms with Crippen molar-refractivity contribution in [1.29, 1.82) is 0 Å². The smallest absolute Gasteiger partial charge is 0.331 e. The van der Waals surface area contributed by atoms with Crippen molar-refractivity contribution < 1.29 is 19.4 Å². The maximum atomic E-state index is 12.0. The van der Waals surface area contributed by atoms with Gasteiger partial charge in [-0.1, -0.05) is 5.92 Å². The Bertz CT molecular complexity index is 543. The maximum absolute atomic E-state index is 12.0. The molecule has 5 nitrogen and oxygen atoms in total. The lowest BCUT2D eigenvalue weighted by Gasteiger charge is -2.18. The van der Waals surface area contributed by atoms with Gasteiger partial charge in [-0.3, -0.25) is 4.79 Å². The van der Waals surface area contributed by atoms with E-state index in [-0.39, 0.29) is 0 Å². The van der Waals surface area contributed by atoms with Crippen LogP contribution >= 0.6 is 15.9 Å². The van der Waals surface area contributed by atoms with E-state index >= 15 is 0 Å². The number of hydrogen-bond donors (Lipinski definition) is 2. The Labute approximate surface area is 125 Å². The van der Waals surface area contributed by atoms with E-state index in [1.165, 1.54) is 14.0 Å². The Kier molecular flexibility index (Phi) is 6.22. The molecule has 0 saturated carbocycles. The second-order valence-corrected chi connectivity index (χ2v) is 4.41. The van der Waals surface area contributed by atoms with E-state index in [1.54, 1.807) is 24.3 Å². The molecule has 0 saturated heterocycles. The fourth-order valence-electron chi connectivity index (χ4n) is 1.49. The summed E-state index contributed by atoms with van der Waals surface area (Å²) in [4.78, 5) is 26.0. The number of carbonyl (C=O) groups is 2. The summed E-state index contributed by atoms with van der Waals surface area (Å²) >= 11 is 2.99. The van der Waals surface area contributed by atoms with Crippen molar-refractivity contribution in [3.05, 3.63) is 35.4 Å². The monoisotopic (exact) mass is 339 g/mol. The highest BCUT2D eigenvalue weighted by Crippen LogP contribution is 2.05.